The molecule has 2 aromatic carbocycles. The predicted molar refractivity (Wildman–Crippen MR) is 85.6 cm³/mol. The van der Waals surface area contributed by atoms with Gasteiger partial charge in [0.25, 0.3) is 0 Å². The largest absolute Gasteiger partial charge is 0.497 e. The van der Waals surface area contributed by atoms with Crippen molar-refractivity contribution in [1.82, 2.24) is 4.72 Å². The fraction of sp³-hybridized carbons (Fsp3) is 0.188. The molecule has 1 N–H and O–H groups in total. The van der Waals surface area contributed by atoms with E-state index in [-0.39, 0.29) is 4.90 Å². The van der Waals surface area contributed by atoms with Gasteiger partial charge in [0.15, 0.2) is 0 Å². The maximum absolute atomic E-state index is 12.0. The number of carbonyl (C=O) groups is 1. The van der Waals surface area contributed by atoms with E-state index in [1.807, 2.05) is 24.3 Å². The molecule has 0 radical (unpaired) electrons. The van der Waals surface area contributed by atoms with Crippen molar-refractivity contribution in [2.45, 2.75) is 4.90 Å². The summed E-state index contributed by atoms with van der Waals surface area (Å²) in [6.45, 7) is -0.404. The molecule has 0 bridgehead atoms. The van der Waals surface area contributed by atoms with E-state index >= 15 is 0 Å². The summed E-state index contributed by atoms with van der Waals surface area (Å²) >= 11 is 0. The number of esters is 1. The van der Waals surface area contributed by atoms with Gasteiger partial charge in [0, 0.05) is 0 Å². The molecular formula is C16H17NO5S. The van der Waals surface area contributed by atoms with E-state index in [4.69, 9.17) is 4.74 Å². The van der Waals surface area contributed by atoms with E-state index in [2.05, 4.69) is 9.46 Å². The Bertz CT molecular complexity index is 767. The van der Waals surface area contributed by atoms with Crippen LogP contribution < -0.4 is 9.46 Å². The van der Waals surface area contributed by atoms with Crippen LogP contribution in [0.5, 0.6) is 5.75 Å². The van der Waals surface area contributed by atoms with Crippen LogP contribution in [-0.4, -0.2) is 35.2 Å². The Hall–Kier alpha value is -2.38. The average Bonchev–Trinajstić information content (AvgIpc) is 2.60. The highest BCUT2D eigenvalue weighted by molar-refractivity contribution is 7.89. The molecule has 0 spiro atoms. The van der Waals surface area contributed by atoms with E-state index in [9.17, 15) is 13.2 Å². The summed E-state index contributed by atoms with van der Waals surface area (Å²) < 4.78 is 35.8. The van der Waals surface area contributed by atoms with Crippen LogP contribution in [0.15, 0.2) is 53.4 Å². The first-order valence-electron chi connectivity index (χ1n) is 6.77. The highest BCUT2D eigenvalue weighted by Crippen LogP contribution is 2.23. The smallest absolute Gasteiger partial charge is 0.320 e. The van der Waals surface area contributed by atoms with Crippen LogP contribution in [0.25, 0.3) is 11.1 Å². The lowest BCUT2D eigenvalue weighted by Gasteiger charge is -2.07. The van der Waals surface area contributed by atoms with Gasteiger partial charge in [-0.1, -0.05) is 24.3 Å². The maximum atomic E-state index is 12.0. The first-order valence-corrected chi connectivity index (χ1v) is 8.25. The molecule has 0 aliphatic carbocycles. The monoisotopic (exact) mass is 335 g/mol. The van der Waals surface area contributed by atoms with Gasteiger partial charge in [-0.25, -0.2) is 8.42 Å². The number of sulfonamides is 1. The molecule has 0 saturated carbocycles. The number of carbonyl (C=O) groups excluding carboxylic acids is 1. The molecule has 0 aromatic heterocycles. The van der Waals surface area contributed by atoms with E-state index in [1.165, 1.54) is 19.2 Å². The van der Waals surface area contributed by atoms with E-state index < -0.39 is 22.5 Å². The highest BCUT2D eigenvalue weighted by Gasteiger charge is 2.15. The summed E-state index contributed by atoms with van der Waals surface area (Å²) in [6.07, 6.45) is 0. The molecule has 0 amide bonds. The number of benzene rings is 2. The molecule has 7 heteroatoms. The highest BCUT2D eigenvalue weighted by atomic mass is 32.2. The third kappa shape index (κ3) is 4.30. The summed E-state index contributed by atoms with van der Waals surface area (Å²) in [5.74, 6) is 0.100. The molecule has 0 saturated heterocycles. The van der Waals surface area contributed by atoms with Crippen LogP contribution in [0.3, 0.4) is 0 Å². The van der Waals surface area contributed by atoms with Gasteiger partial charge in [-0.2, -0.15) is 4.72 Å². The van der Waals surface area contributed by atoms with Crippen molar-refractivity contribution in [3.8, 4) is 16.9 Å². The second-order valence-electron chi connectivity index (χ2n) is 4.65. The topological polar surface area (TPSA) is 81.7 Å². The van der Waals surface area contributed by atoms with Crippen LogP contribution in [0.1, 0.15) is 0 Å². The quantitative estimate of drug-likeness (QED) is 0.814. The van der Waals surface area contributed by atoms with Crippen LogP contribution in [0, 0.1) is 0 Å². The molecule has 23 heavy (non-hydrogen) atoms. The van der Waals surface area contributed by atoms with Gasteiger partial charge in [0.1, 0.15) is 12.3 Å². The lowest BCUT2D eigenvalue weighted by atomic mass is 10.1. The summed E-state index contributed by atoms with van der Waals surface area (Å²) in [6, 6.07) is 13.8. The molecule has 122 valence electrons. The lowest BCUT2D eigenvalue weighted by Crippen LogP contribution is -2.30. The Morgan fingerprint density at radius 2 is 1.48 bits per heavy atom. The zero-order valence-electron chi connectivity index (χ0n) is 12.8. The Kier molecular flexibility index (Phi) is 5.36. The minimum absolute atomic E-state index is 0.0821. The van der Waals surface area contributed by atoms with Gasteiger partial charge < -0.3 is 9.47 Å². The first-order chi connectivity index (χ1) is 11.0. The standard InChI is InChI=1S/C16H17NO5S/c1-21-14-7-3-12(4-8-14)13-5-9-15(10-6-13)23(19,20)17-11-16(18)22-2/h3-10,17H,11H2,1-2H3. The van der Waals surface area contributed by atoms with Gasteiger partial charge in [0.2, 0.25) is 10.0 Å². The Balaban J connectivity index is 2.16. The number of rotatable bonds is 6. The fourth-order valence-corrected chi connectivity index (χ4v) is 2.89. The molecule has 2 rings (SSSR count). The lowest BCUT2D eigenvalue weighted by molar-refractivity contribution is -0.139. The van der Waals surface area contributed by atoms with E-state index in [0.717, 1.165) is 16.9 Å². The third-order valence-corrected chi connectivity index (χ3v) is 4.64. The van der Waals surface area contributed by atoms with E-state index in [0.29, 0.717) is 0 Å². The van der Waals surface area contributed by atoms with Crippen molar-refractivity contribution in [2.24, 2.45) is 0 Å². The molecule has 6 nitrogen and oxygen atoms in total. The molecule has 0 heterocycles. The van der Waals surface area contributed by atoms with Crippen molar-refractivity contribution in [2.75, 3.05) is 20.8 Å². The molecule has 0 atom stereocenters. The van der Waals surface area contributed by atoms with Crippen molar-refractivity contribution < 1.29 is 22.7 Å². The van der Waals surface area contributed by atoms with Crippen molar-refractivity contribution in [1.29, 1.82) is 0 Å². The van der Waals surface area contributed by atoms with Gasteiger partial charge in [-0.3, -0.25) is 4.79 Å². The van der Waals surface area contributed by atoms with Crippen LogP contribution >= 0.6 is 0 Å². The number of hydrogen-bond acceptors (Lipinski definition) is 5. The zero-order chi connectivity index (χ0) is 16.9. The number of nitrogens with one attached hydrogen (secondary N) is 1. The molecule has 0 unspecified atom stereocenters. The molecule has 2 aromatic rings. The Labute approximate surface area is 135 Å². The second-order valence-corrected chi connectivity index (χ2v) is 6.42. The summed E-state index contributed by atoms with van der Waals surface area (Å²) in [7, 11) is -0.958. The van der Waals surface area contributed by atoms with Gasteiger partial charge >= 0.3 is 5.97 Å². The minimum Gasteiger partial charge on any atom is -0.497 e. The van der Waals surface area contributed by atoms with Crippen molar-refractivity contribution in [3.05, 3.63) is 48.5 Å². The minimum atomic E-state index is -3.75. The Morgan fingerprint density at radius 3 is 1.96 bits per heavy atom. The fourth-order valence-electron chi connectivity index (χ4n) is 1.92. The van der Waals surface area contributed by atoms with Crippen LogP contribution in [0.4, 0.5) is 0 Å². The van der Waals surface area contributed by atoms with E-state index in [1.54, 1.807) is 19.2 Å². The van der Waals surface area contributed by atoms with Crippen molar-refractivity contribution in [3.63, 3.8) is 0 Å². The number of methoxy groups -OCH3 is 2. The third-order valence-electron chi connectivity index (χ3n) is 3.22. The van der Waals surface area contributed by atoms with Crippen LogP contribution in [0.2, 0.25) is 0 Å². The average molecular weight is 335 g/mol. The van der Waals surface area contributed by atoms with Gasteiger partial charge in [-0.15, -0.1) is 0 Å². The summed E-state index contributed by atoms with van der Waals surface area (Å²) in [5, 5.41) is 0. The van der Waals surface area contributed by atoms with Crippen LogP contribution in [-0.2, 0) is 19.6 Å². The first kappa shape index (κ1) is 17.0. The zero-order valence-corrected chi connectivity index (χ0v) is 13.6. The predicted octanol–water partition coefficient (Wildman–Crippen LogP) is 1.81. The van der Waals surface area contributed by atoms with Crippen molar-refractivity contribution >= 4 is 16.0 Å². The number of hydrogen-bond donors (Lipinski definition) is 1. The molecular weight excluding hydrogens is 318 g/mol. The Morgan fingerprint density at radius 1 is 0.957 bits per heavy atom. The molecule has 0 aliphatic rings. The molecule has 0 aliphatic heterocycles. The maximum Gasteiger partial charge on any atom is 0.320 e. The SMILES string of the molecule is COC(=O)CNS(=O)(=O)c1ccc(-c2ccc(OC)cc2)cc1. The summed E-state index contributed by atoms with van der Waals surface area (Å²) in [4.78, 5) is 11.1. The summed E-state index contributed by atoms with van der Waals surface area (Å²) in [5.41, 5.74) is 1.82. The van der Waals surface area contributed by atoms with Gasteiger partial charge in [-0.05, 0) is 35.4 Å². The second kappa shape index (κ2) is 7.26. The number of ether oxygens (including phenoxy) is 2. The van der Waals surface area contributed by atoms with Gasteiger partial charge in [0.05, 0.1) is 19.1 Å². The molecule has 0 fully saturated rings. The normalized spacial score (nSPS) is 11.0.